The summed E-state index contributed by atoms with van der Waals surface area (Å²) in [6.07, 6.45) is 11.3. The van der Waals surface area contributed by atoms with Gasteiger partial charge in [-0.05, 0) is 43.5 Å². The molecule has 0 atom stereocenters. The lowest BCUT2D eigenvalue weighted by atomic mass is 10.1. The molecule has 5 aromatic heterocycles. The van der Waals surface area contributed by atoms with E-state index >= 15 is 0 Å². The second-order valence-electron chi connectivity index (χ2n) is 8.84. The Labute approximate surface area is 191 Å². The number of nitrogens with one attached hydrogen (secondary N) is 2. The molecule has 1 saturated heterocycles. The van der Waals surface area contributed by atoms with Gasteiger partial charge in [0.1, 0.15) is 11.2 Å². The van der Waals surface area contributed by atoms with Crippen LogP contribution in [-0.4, -0.2) is 57.3 Å². The van der Waals surface area contributed by atoms with Crippen molar-refractivity contribution in [2.45, 2.75) is 19.3 Å². The molecule has 1 aliphatic heterocycles. The zero-order valence-corrected chi connectivity index (χ0v) is 18.8. The van der Waals surface area contributed by atoms with Gasteiger partial charge in [0.25, 0.3) is 0 Å². The Morgan fingerprint density at radius 3 is 2.61 bits per heavy atom. The third-order valence-electron chi connectivity index (χ3n) is 6.42. The van der Waals surface area contributed by atoms with Gasteiger partial charge in [-0.15, -0.1) is 0 Å². The molecule has 33 heavy (non-hydrogen) atoms. The quantitative estimate of drug-likeness (QED) is 0.426. The Kier molecular flexibility index (Phi) is 4.71. The number of anilines is 2. The highest BCUT2D eigenvalue weighted by molar-refractivity contribution is 5.98. The van der Waals surface area contributed by atoms with E-state index in [1.165, 1.54) is 30.3 Å². The highest BCUT2D eigenvalue weighted by Gasteiger charge is 2.18. The van der Waals surface area contributed by atoms with E-state index in [1.54, 1.807) is 0 Å². The summed E-state index contributed by atoms with van der Waals surface area (Å²) in [7, 11) is 4.02. The van der Waals surface area contributed by atoms with Gasteiger partial charge < -0.3 is 14.8 Å². The summed E-state index contributed by atoms with van der Waals surface area (Å²) < 4.78 is 0. The lowest BCUT2D eigenvalue weighted by Crippen LogP contribution is -2.29. The van der Waals surface area contributed by atoms with E-state index in [9.17, 15) is 0 Å². The number of aromatic nitrogens is 6. The van der Waals surface area contributed by atoms with Crippen LogP contribution in [0, 0.1) is 0 Å². The zero-order chi connectivity index (χ0) is 22.4. The first-order chi connectivity index (χ1) is 16.2. The minimum Gasteiger partial charge on any atom is -0.376 e. The van der Waals surface area contributed by atoms with Gasteiger partial charge in [-0.2, -0.15) is 5.10 Å². The van der Waals surface area contributed by atoms with Crippen molar-refractivity contribution in [2.24, 2.45) is 0 Å². The molecule has 6 rings (SSSR count). The average molecular weight is 439 g/mol. The van der Waals surface area contributed by atoms with E-state index in [2.05, 4.69) is 42.2 Å². The van der Waals surface area contributed by atoms with Crippen LogP contribution in [-0.2, 0) is 0 Å². The van der Waals surface area contributed by atoms with E-state index in [-0.39, 0.29) is 0 Å². The molecule has 1 fully saturated rings. The van der Waals surface area contributed by atoms with E-state index < -0.39 is 0 Å². The first-order valence-corrected chi connectivity index (χ1v) is 11.4. The summed E-state index contributed by atoms with van der Waals surface area (Å²) in [5.74, 6) is 0. The summed E-state index contributed by atoms with van der Waals surface area (Å²) >= 11 is 0. The number of H-pyrrole nitrogens is 2. The Morgan fingerprint density at radius 1 is 0.909 bits per heavy atom. The lowest BCUT2D eigenvalue weighted by Gasteiger charge is -2.28. The largest absolute Gasteiger partial charge is 0.376 e. The van der Waals surface area contributed by atoms with Gasteiger partial charge in [-0.1, -0.05) is 0 Å². The molecule has 0 amide bonds. The number of aromatic amines is 2. The third-order valence-corrected chi connectivity index (χ3v) is 6.42. The van der Waals surface area contributed by atoms with Gasteiger partial charge in [-0.3, -0.25) is 15.1 Å². The van der Waals surface area contributed by atoms with Crippen molar-refractivity contribution >= 4 is 33.3 Å². The molecule has 8 heteroatoms. The van der Waals surface area contributed by atoms with Crippen molar-refractivity contribution in [3.63, 3.8) is 0 Å². The third kappa shape index (κ3) is 3.47. The van der Waals surface area contributed by atoms with E-state index in [1.807, 2.05) is 55.9 Å². The minimum atomic E-state index is 0.810. The molecule has 2 N–H and O–H groups in total. The van der Waals surface area contributed by atoms with E-state index in [0.29, 0.717) is 0 Å². The Morgan fingerprint density at radius 2 is 1.76 bits per heavy atom. The van der Waals surface area contributed by atoms with Crippen molar-refractivity contribution in [3.05, 3.63) is 49.1 Å². The van der Waals surface area contributed by atoms with Gasteiger partial charge in [0.15, 0.2) is 0 Å². The summed E-state index contributed by atoms with van der Waals surface area (Å²) in [6, 6.07) is 8.31. The van der Waals surface area contributed by atoms with Crippen LogP contribution in [0.4, 0.5) is 11.4 Å². The molecule has 0 unspecified atom stereocenters. The predicted octanol–water partition coefficient (Wildman–Crippen LogP) is 4.62. The number of hydrogen-bond donors (Lipinski definition) is 2. The van der Waals surface area contributed by atoms with Crippen LogP contribution in [0.5, 0.6) is 0 Å². The standard InChI is InChI=1S/C25H26N8/c1-32(2)17-10-16(12-26-13-17)19-6-7-20-24(29-19)25(31-30-20)21-11-18-22(28-21)14-27-15-23(18)33-8-4-3-5-9-33/h6-7,10-15,28H,3-5,8-9H2,1-2H3,(H,30,31). The van der Waals surface area contributed by atoms with Crippen LogP contribution in [0.2, 0.25) is 0 Å². The molecule has 8 nitrogen and oxygen atoms in total. The molecule has 166 valence electrons. The molecule has 5 aromatic rings. The molecular formula is C25H26N8. The number of rotatable bonds is 4. The summed E-state index contributed by atoms with van der Waals surface area (Å²) in [4.78, 5) is 21.9. The van der Waals surface area contributed by atoms with Crippen molar-refractivity contribution < 1.29 is 0 Å². The van der Waals surface area contributed by atoms with Crippen molar-refractivity contribution in [1.82, 2.24) is 30.1 Å². The number of hydrogen-bond acceptors (Lipinski definition) is 6. The maximum Gasteiger partial charge on any atom is 0.135 e. The second-order valence-corrected chi connectivity index (χ2v) is 8.84. The fourth-order valence-electron chi connectivity index (χ4n) is 4.61. The molecule has 0 bridgehead atoms. The minimum absolute atomic E-state index is 0.810. The van der Waals surface area contributed by atoms with Gasteiger partial charge in [0.2, 0.25) is 0 Å². The topological polar surface area (TPSA) is 89.6 Å². The molecule has 0 radical (unpaired) electrons. The van der Waals surface area contributed by atoms with Crippen LogP contribution >= 0.6 is 0 Å². The van der Waals surface area contributed by atoms with Gasteiger partial charge in [0.05, 0.1) is 52.4 Å². The first-order valence-electron chi connectivity index (χ1n) is 11.4. The van der Waals surface area contributed by atoms with Crippen molar-refractivity contribution in [2.75, 3.05) is 37.0 Å². The van der Waals surface area contributed by atoms with Crippen LogP contribution in [0.25, 0.3) is 44.6 Å². The number of fused-ring (bicyclic) bond motifs is 2. The van der Waals surface area contributed by atoms with Crippen LogP contribution < -0.4 is 9.80 Å². The molecule has 0 spiro atoms. The van der Waals surface area contributed by atoms with Gasteiger partial charge in [0, 0.05) is 44.3 Å². The Balaban J connectivity index is 1.44. The molecule has 0 aliphatic carbocycles. The lowest BCUT2D eigenvalue weighted by molar-refractivity contribution is 0.578. The van der Waals surface area contributed by atoms with E-state index in [4.69, 9.17) is 4.98 Å². The maximum atomic E-state index is 4.97. The SMILES string of the molecule is CN(C)c1cncc(-c2ccc3[nH]nc(-c4cc5c(N6CCCCC6)cncc5[nH]4)c3n2)c1. The van der Waals surface area contributed by atoms with Crippen LogP contribution in [0.1, 0.15) is 19.3 Å². The van der Waals surface area contributed by atoms with Crippen LogP contribution in [0.3, 0.4) is 0 Å². The smallest absolute Gasteiger partial charge is 0.135 e. The number of pyridine rings is 3. The van der Waals surface area contributed by atoms with Gasteiger partial charge >= 0.3 is 0 Å². The summed E-state index contributed by atoms with van der Waals surface area (Å²) in [5.41, 5.74) is 8.57. The van der Waals surface area contributed by atoms with Crippen molar-refractivity contribution in [1.29, 1.82) is 0 Å². The molecular weight excluding hydrogens is 412 g/mol. The maximum absolute atomic E-state index is 4.97. The Bertz CT molecular complexity index is 1440. The molecule has 6 heterocycles. The first kappa shape index (κ1) is 19.7. The van der Waals surface area contributed by atoms with E-state index in [0.717, 1.165) is 58.0 Å². The highest BCUT2D eigenvalue weighted by atomic mass is 15.1. The van der Waals surface area contributed by atoms with Crippen LogP contribution in [0.15, 0.2) is 49.1 Å². The summed E-state index contributed by atoms with van der Waals surface area (Å²) in [6.45, 7) is 2.16. The normalized spacial score (nSPS) is 14.3. The fourth-order valence-corrected chi connectivity index (χ4v) is 4.61. The Hall–Kier alpha value is -3.94. The average Bonchev–Trinajstić information content (AvgIpc) is 3.48. The summed E-state index contributed by atoms with van der Waals surface area (Å²) in [5, 5.41) is 8.92. The second kappa shape index (κ2) is 7.88. The molecule has 0 saturated carbocycles. The van der Waals surface area contributed by atoms with Crippen molar-refractivity contribution in [3.8, 4) is 22.6 Å². The van der Waals surface area contributed by atoms with Gasteiger partial charge in [-0.25, -0.2) is 4.98 Å². The predicted molar refractivity (Wildman–Crippen MR) is 133 cm³/mol. The highest BCUT2D eigenvalue weighted by Crippen LogP contribution is 2.34. The molecule has 0 aromatic carbocycles. The fraction of sp³-hybridized carbons (Fsp3) is 0.280. The zero-order valence-electron chi connectivity index (χ0n) is 18.8. The number of nitrogens with zero attached hydrogens (tertiary/aromatic N) is 6. The number of piperidine rings is 1. The monoisotopic (exact) mass is 438 g/mol. The molecule has 1 aliphatic rings.